The lowest BCUT2D eigenvalue weighted by molar-refractivity contribution is 0.557. The first-order valence-electron chi connectivity index (χ1n) is 11.1. The van der Waals surface area contributed by atoms with Crippen molar-refractivity contribution in [1.82, 2.24) is 4.31 Å². The van der Waals surface area contributed by atoms with Crippen LogP contribution in [0.1, 0.15) is 16.7 Å². The molecule has 0 spiro atoms. The second-order valence-corrected chi connectivity index (χ2v) is 11.9. The van der Waals surface area contributed by atoms with E-state index in [1.807, 2.05) is 89.8 Å². The van der Waals surface area contributed by atoms with Crippen molar-refractivity contribution in [2.45, 2.75) is 0 Å². The Morgan fingerprint density at radius 2 is 1.36 bits per heavy atom. The summed E-state index contributed by atoms with van der Waals surface area (Å²) < 4.78 is 56.8. The molecule has 0 radical (unpaired) electrons. The molecule has 0 N–H and O–H groups in total. The van der Waals surface area contributed by atoms with E-state index in [0.717, 1.165) is 33.6 Å². The number of benzene rings is 3. The van der Waals surface area contributed by atoms with Gasteiger partial charge >= 0.3 is 0 Å². The van der Waals surface area contributed by atoms with E-state index in [1.54, 1.807) is 18.2 Å². The molecule has 36 heavy (non-hydrogen) atoms. The quantitative estimate of drug-likeness (QED) is 0.506. The number of sulfonamides is 2. The Morgan fingerprint density at radius 3 is 2.00 bits per heavy atom. The van der Waals surface area contributed by atoms with Gasteiger partial charge in [0.25, 0.3) is 10.0 Å². The van der Waals surface area contributed by atoms with Crippen LogP contribution in [0.15, 0.2) is 107 Å². The molecule has 3 aromatic rings. The fourth-order valence-corrected chi connectivity index (χ4v) is 5.79. The molecule has 2 aliphatic heterocycles. The second-order valence-electron chi connectivity index (χ2n) is 8.44. The maximum atomic E-state index is 13.4. The molecule has 0 bridgehead atoms. The van der Waals surface area contributed by atoms with E-state index < -0.39 is 20.0 Å². The van der Waals surface area contributed by atoms with Crippen molar-refractivity contribution < 1.29 is 16.8 Å². The molecular formula is C27H23N3O4S2. The van der Waals surface area contributed by atoms with Crippen LogP contribution in [0.25, 0.3) is 17.7 Å². The zero-order chi connectivity index (χ0) is 25.5. The van der Waals surface area contributed by atoms with E-state index in [-0.39, 0.29) is 11.7 Å². The van der Waals surface area contributed by atoms with Crippen molar-refractivity contribution in [3.05, 3.63) is 119 Å². The third-order valence-corrected chi connectivity index (χ3v) is 7.22. The largest absolute Gasteiger partial charge is 0.294 e. The van der Waals surface area contributed by atoms with E-state index in [1.165, 1.54) is 0 Å². The lowest BCUT2D eigenvalue weighted by Crippen LogP contribution is -2.48. The molecule has 2 aliphatic rings. The molecule has 0 saturated carbocycles. The molecule has 0 aromatic heterocycles. The molecule has 0 atom stereocenters. The first-order valence-corrected chi connectivity index (χ1v) is 14.8. The van der Waals surface area contributed by atoms with Crippen molar-refractivity contribution in [3.63, 3.8) is 0 Å². The molecule has 0 amide bonds. The molecule has 182 valence electrons. The maximum Gasteiger partial charge on any atom is 0.252 e. The summed E-state index contributed by atoms with van der Waals surface area (Å²) in [6.07, 6.45) is 7.51. The van der Waals surface area contributed by atoms with Crippen LogP contribution in [0.5, 0.6) is 0 Å². The van der Waals surface area contributed by atoms with Gasteiger partial charge in [0.2, 0.25) is 10.0 Å². The summed E-state index contributed by atoms with van der Waals surface area (Å²) in [6.45, 7) is 0. The third-order valence-electron chi connectivity index (χ3n) is 5.69. The van der Waals surface area contributed by atoms with Gasteiger partial charge in [0, 0.05) is 0 Å². The van der Waals surface area contributed by atoms with E-state index in [9.17, 15) is 16.8 Å². The summed E-state index contributed by atoms with van der Waals surface area (Å²) >= 11 is 0. The van der Waals surface area contributed by atoms with Crippen LogP contribution in [0.2, 0.25) is 0 Å². The van der Waals surface area contributed by atoms with Gasteiger partial charge in [0.15, 0.2) is 5.84 Å². The Kier molecular flexibility index (Phi) is 5.89. The average Bonchev–Trinajstić information content (AvgIpc) is 2.83. The summed E-state index contributed by atoms with van der Waals surface area (Å²) in [5.41, 5.74) is 4.04. The molecular weight excluding hydrogens is 494 g/mol. The highest BCUT2D eigenvalue weighted by Crippen LogP contribution is 2.44. The Bertz CT molecular complexity index is 1670. The summed E-state index contributed by atoms with van der Waals surface area (Å²) in [7, 11) is -8.02. The van der Waals surface area contributed by atoms with Crippen molar-refractivity contribution >= 4 is 49.3 Å². The van der Waals surface area contributed by atoms with Crippen LogP contribution < -0.4 is 4.90 Å². The molecule has 0 aliphatic carbocycles. The van der Waals surface area contributed by atoms with Gasteiger partial charge in [-0.2, -0.15) is 0 Å². The van der Waals surface area contributed by atoms with Crippen LogP contribution in [-0.4, -0.2) is 39.5 Å². The van der Waals surface area contributed by atoms with Gasteiger partial charge in [-0.3, -0.25) is 4.90 Å². The lowest BCUT2D eigenvalue weighted by Gasteiger charge is -2.43. The van der Waals surface area contributed by atoms with Gasteiger partial charge in [0.1, 0.15) is 5.82 Å². The molecule has 9 heteroatoms. The Hall–Kier alpha value is -3.95. The SMILES string of the molecule is CS(=O)(=O)/N=C1\C(c2ccccc2)=C2C=Cc3ccccc3N2/C(=C\c2ccccc2)N1S(C)(=O)=O. The molecule has 3 aromatic carbocycles. The molecule has 0 fully saturated rings. The smallest absolute Gasteiger partial charge is 0.252 e. The average molecular weight is 518 g/mol. The zero-order valence-corrected chi connectivity index (χ0v) is 21.2. The fraction of sp³-hybridized carbons (Fsp3) is 0.0741. The predicted molar refractivity (Wildman–Crippen MR) is 145 cm³/mol. The first kappa shape index (κ1) is 23.8. The van der Waals surface area contributed by atoms with Crippen LogP contribution in [0.4, 0.5) is 5.69 Å². The Balaban J connectivity index is 1.96. The van der Waals surface area contributed by atoms with Gasteiger partial charge in [-0.25, -0.2) is 21.1 Å². The van der Waals surface area contributed by atoms with E-state index in [4.69, 9.17) is 0 Å². The molecule has 0 saturated heterocycles. The number of para-hydroxylation sites is 1. The topological polar surface area (TPSA) is 87.1 Å². The standard InChI is InChI=1S/C27H23N3O4S2/c1-35(31,32)28-27-26(22-14-7-4-8-15-22)24-18-17-21-13-9-10-16-23(21)29(24)25(30(27)36(2,33)34)19-20-11-5-3-6-12-20/h3-19H,1-2H3/b25-19+,28-27+. The third kappa shape index (κ3) is 4.50. The monoisotopic (exact) mass is 517 g/mol. The van der Waals surface area contributed by atoms with Crippen molar-refractivity contribution in [2.24, 2.45) is 4.40 Å². The minimum Gasteiger partial charge on any atom is -0.294 e. The number of anilines is 1. The van der Waals surface area contributed by atoms with E-state index in [0.29, 0.717) is 16.8 Å². The van der Waals surface area contributed by atoms with Crippen molar-refractivity contribution in [1.29, 1.82) is 0 Å². The Labute approximate surface area is 211 Å². The fourth-order valence-electron chi connectivity index (χ4n) is 4.33. The highest BCUT2D eigenvalue weighted by Gasteiger charge is 2.41. The van der Waals surface area contributed by atoms with Gasteiger partial charge in [-0.1, -0.05) is 84.9 Å². The molecule has 2 heterocycles. The minimum atomic E-state index is -4.04. The first-order chi connectivity index (χ1) is 17.1. The van der Waals surface area contributed by atoms with Crippen molar-refractivity contribution in [2.75, 3.05) is 17.4 Å². The normalized spacial score (nSPS) is 17.9. The minimum absolute atomic E-state index is 0.177. The van der Waals surface area contributed by atoms with E-state index in [2.05, 4.69) is 4.40 Å². The number of fused-ring (bicyclic) bond motifs is 3. The molecule has 5 rings (SSSR count). The van der Waals surface area contributed by atoms with Crippen LogP contribution >= 0.6 is 0 Å². The van der Waals surface area contributed by atoms with Crippen LogP contribution in [0.3, 0.4) is 0 Å². The lowest BCUT2D eigenvalue weighted by atomic mass is 9.95. The molecule has 0 unspecified atom stereocenters. The molecule has 7 nitrogen and oxygen atoms in total. The summed E-state index contributed by atoms with van der Waals surface area (Å²) in [5, 5.41) is 0. The predicted octanol–water partition coefficient (Wildman–Crippen LogP) is 4.56. The number of rotatable bonds is 4. The van der Waals surface area contributed by atoms with Gasteiger partial charge < -0.3 is 0 Å². The zero-order valence-electron chi connectivity index (χ0n) is 19.6. The summed E-state index contributed by atoms with van der Waals surface area (Å²) in [6, 6.07) is 26.0. The maximum absolute atomic E-state index is 13.4. The highest BCUT2D eigenvalue weighted by atomic mass is 32.2. The summed E-state index contributed by atoms with van der Waals surface area (Å²) in [4.78, 5) is 1.84. The van der Waals surface area contributed by atoms with Gasteiger partial charge in [-0.15, -0.1) is 4.40 Å². The van der Waals surface area contributed by atoms with Gasteiger partial charge in [-0.05, 0) is 34.9 Å². The number of amidine groups is 1. The second kappa shape index (κ2) is 8.92. The van der Waals surface area contributed by atoms with Crippen molar-refractivity contribution in [3.8, 4) is 0 Å². The number of hydrogen-bond acceptors (Lipinski definition) is 5. The number of nitrogens with zero attached hydrogens (tertiary/aromatic N) is 3. The van der Waals surface area contributed by atoms with Crippen LogP contribution in [0, 0.1) is 0 Å². The summed E-state index contributed by atoms with van der Waals surface area (Å²) in [5.74, 6) is 0.0706. The van der Waals surface area contributed by atoms with Crippen LogP contribution in [-0.2, 0) is 20.0 Å². The Morgan fingerprint density at radius 1 is 0.750 bits per heavy atom. The number of allylic oxidation sites excluding steroid dienone is 1. The number of hydrogen-bond donors (Lipinski definition) is 0. The van der Waals surface area contributed by atoms with E-state index >= 15 is 0 Å². The van der Waals surface area contributed by atoms with Gasteiger partial charge in [0.05, 0.1) is 29.5 Å². The highest BCUT2D eigenvalue weighted by molar-refractivity contribution is 7.90.